The number of rotatable bonds is 2. The van der Waals surface area contributed by atoms with Gasteiger partial charge in [0.05, 0.1) is 17.1 Å². The first-order chi connectivity index (χ1) is 10.3. The lowest BCUT2D eigenvalue weighted by Gasteiger charge is -2.15. The second kappa shape index (κ2) is 4.96. The van der Waals surface area contributed by atoms with Crippen LogP contribution < -0.4 is 0 Å². The minimum absolute atomic E-state index is 0.124. The summed E-state index contributed by atoms with van der Waals surface area (Å²) in [4.78, 5) is 15.4. The van der Waals surface area contributed by atoms with Gasteiger partial charge in [-0.2, -0.15) is 0 Å². The normalized spacial score (nSPS) is 18.5. The first-order valence-electron chi connectivity index (χ1n) is 6.95. The summed E-state index contributed by atoms with van der Waals surface area (Å²) in [6, 6.07) is 10.3. The van der Waals surface area contributed by atoms with Crippen LogP contribution in [-0.2, 0) is 0 Å². The van der Waals surface area contributed by atoms with Gasteiger partial charge in [0, 0.05) is 24.0 Å². The molecule has 4 rings (SSSR count). The smallest absolute Gasteiger partial charge is 0.264 e. The summed E-state index contributed by atoms with van der Waals surface area (Å²) >= 11 is 1.56. The highest BCUT2D eigenvalue weighted by molar-refractivity contribution is 7.20. The monoisotopic (exact) mass is 298 g/mol. The van der Waals surface area contributed by atoms with E-state index in [1.807, 2.05) is 40.0 Å². The molecule has 3 heterocycles. The van der Waals surface area contributed by atoms with Crippen LogP contribution in [0.15, 0.2) is 42.7 Å². The van der Waals surface area contributed by atoms with Crippen molar-refractivity contribution in [2.45, 2.75) is 12.5 Å². The number of amides is 1. The molecule has 1 fully saturated rings. The fourth-order valence-electron chi connectivity index (χ4n) is 2.80. The number of aromatic nitrogens is 3. The van der Waals surface area contributed by atoms with Crippen molar-refractivity contribution < 1.29 is 4.79 Å². The number of carbonyl (C=O) groups excluding carboxylic acids is 1. The number of hydrogen-bond donors (Lipinski definition) is 0. The first-order valence-corrected chi connectivity index (χ1v) is 7.76. The maximum atomic E-state index is 12.6. The summed E-state index contributed by atoms with van der Waals surface area (Å²) in [5, 5.41) is 9.00. The molecule has 1 atom stereocenters. The molecule has 0 unspecified atom stereocenters. The van der Waals surface area contributed by atoms with E-state index in [-0.39, 0.29) is 11.9 Å². The Kier molecular flexibility index (Phi) is 2.96. The molecule has 0 bridgehead atoms. The zero-order chi connectivity index (χ0) is 14.2. The van der Waals surface area contributed by atoms with Crippen molar-refractivity contribution in [2.75, 3.05) is 13.1 Å². The third kappa shape index (κ3) is 2.21. The zero-order valence-corrected chi connectivity index (χ0v) is 12.2. The van der Waals surface area contributed by atoms with Crippen molar-refractivity contribution in [2.24, 2.45) is 0 Å². The van der Waals surface area contributed by atoms with Gasteiger partial charge in [0.2, 0.25) is 0 Å². The molecule has 1 aliphatic heterocycles. The average Bonchev–Trinajstić information content (AvgIpc) is 3.24. The zero-order valence-electron chi connectivity index (χ0n) is 11.3. The molecule has 21 heavy (non-hydrogen) atoms. The summed E-state index contributed by atoms with van der Waals surface area (Å²) in [6.45, 7) is 1.48. The maximum absolute atomic E-state index is 12.6. The van der Waals surface area contributed by atoms with Gasteiger partial charge in [-0.15, -0.1) is 16.4 Å². The molecule has 0 aliphatic carbocycles. The molecule has 0 saturated carbocycles. The van der Waals surface area contributed by atoms with Crippen LogP contribution >= 0.6 is 11.3 Å². The molecule has 5 nitrogen and oxygen atoms in total. The second-order valence-electron chi connectivity index (χ2n) is 5.23. The SMILES string of the molecule is O=C(c1cc2ccccc2s1)N1CC[C@@H](n2ccnn2)C1. The van der Waals surface area contributed by atoms with Crippen LogP contribution in [0.1, 0.15) is 22.1 Å². The molecular formula is C15H14N4OS. The highest BCUT2D eigenvalue weighted by atomic mass is 32.1. The van der Waals surface area contributed by atoms with E-state index in [1.165, 1.54) is 0 Å². The number of hydrogen-bond acceptors (Lipinski definition) is 4. The first kappa shape index (κ1) is 12.5. The van der Waals surface area contributed by atoms with Gasteiger partial charge in [-0.05, 0) is 23.9 Å². The molecule has 1 saturated heterocycles. The summed E-state index contributed by atoms with van der Waals surface area (Å²) in [7, 11) is 0. The Morgan fingerprint density at radius 2 is 2.24 bits per heavy atom. The predicted octanol–water partition coefficient (Wildman–Crippen LogP) is 2.58. The van der Waals surface area contributed by atoms with E-state index in [2.05, 4.69) is 16.4 Å². The highest BCUT2D eigenvalue weighted by Crippen LogP contribution is 2.28. The summed E-state index contributed by atoms with van der Waals surface area (Å²) < 4.78 is 3.01. The van der Waals surface area contributed by atoms with Gasteiger partial charge in [0.15, 0.2) is 0 Å². The lowest BCUT2D eigenvalue weighted by Crippen LogP contribution is -2.28. The van der Waals surface area contributed by atoms with Gasteiger partial charge in [0.1, 0.15) is 0 Å². The molecule has 6 heteroatoms. The summed E-state index contributed by atoms with van der Waals surface area (Å²) in [6.07, 6.45) is 4.47. The number of carbonyl (C=O) groups is 1. The Bertz CT molecular complexity index is 747. The quantitative estimate of drug-likeness (QED) is 0.730. The molecule has 0 radical (unpaired) electrons. The van der Waals surface area contributed by atoms with Gasteiger partial charge < -0.3 is 4.90 Å². The van der Waals surface area contributed by atoms with Gasteiger partial charge in [-0.3, -0.25) is 4.79 Å². The van der Waals surface area contributed by atoms with Crippen LogP contribution in [-0.4, -0.2) is 38.9 Å². The van der Waals surface area contributed by atoms with Gasteiger partial charge in [0.25, 0.3) is 5.91 Å². The van der Waals surface area contributed by atoms with Crippen LogP contribution in [0.25, 0.3) is 10.1 Å². The summed E-state index contributed by atoms with van der Waals surface area (Å²) in [5.41, 5.74) is 0. The fraction of sp³-hybridized carbons (Fsp3) is 0.267. The lowest BCUT2D eigenvalue weighted by molar-refractivity contribution is 0.0792. The molecule has 2 aromatic heterocycles. The number of likely N-dealkylation sites (tertiary alicyclic amines) is 1. The Hall–Kier alpha value is -2.21. The van der Waals surface area contributed by atoms with Gasteiger partial charge in [-0.1, -0.05) is 23.4 Å². The highest BCUT2D eigenvalue weighted by Gasteiger charge is 2.29. The molecule has 106 valence electrons. The van der Waals surface area contributed by atoms with E-state index in [0.29, 0.717) is 6.54 Å². The largest absolute Gasteiger partial charge is 0.336 e. The lowest BCUT2D eigenvalue weighted by atomic mass is 10.2. The van der Waals surface area contributed by atoms with Crippen LogP contribution in [0, 0.1) is 0 Å². The number of thiophene rings is 1. The van der Waals surface area contributed by atoms with Crippen molar-refractivity contribution in [3.8, 4) is 0 Å². The third-order valence-corrected chi connectivity index (χ3v) is 5.01. The van der Waals surface area contributed by atoms with Crippen molar-refractivity contribution >= 4 is 27.3 Å². The number of fused-ring (bicyclic) bond motifs is 1. The van der Waals surface area contributed by atoms with Crippen molar-refractivity contribution in [1.29, 1.82) is 0 Å². The standard InChI is InChI=1S/C15H14N4OS/c20-15(14-9-11-3-1-2-4-13(11)21-14)18-7-5-12(10-18)19-8-6-16-17-19/h1-4,6,8-9,12H,5,7,10H2/t12-/m1/s1. The van der Waals surface area contributed by atoms with E-state index in [4.69, 9.17) is 0 Å². The Morgan fingerprint density at radius 3 is 3.05 bits per heavy atom. The molecule has 0 spiro atoms. The maximum Gasteiger partial charge on any atom is 0.264 e. The predicted molar refractivity (Wildman–Crippen MR) is 81.4 cm³/mol. The molecular weight excluding hydrogens is 284 g/mol. The minimum Gasteiger partial charge on any atom is -0.336 e. The molecule has 0 N–H and O–H groups in total. The van der Waals surface area contributed by atoms with Crippen molar-refractivity contribution in [3.05, 3.63) is 47.6 Å². The van der Waals surface area contributed by atoms with E-state index in [0.717, 1.165) is 27.9 Å². The molecule has 1 amide bonds. The van der Waals surface area contributed by atoms with E-state index in [9.17, 15) is 4.79 Å². The van der Waals surface area contributed by atoms with Crippen molar-refractivity contribution in [1.82, 2.24) is 19.9 Å². The average molecular weight is 298 g/mol. The minimum atomic E-state index is 0.124. The number of nitrogens with zero attached hydrogens (tertiary/aromatic N) is 4. The molecule has 3 aromatic rings. The van der Waals surface area contributed by atoms with Gasteiger partial charge in [-0.25, -0.2) is 4.68 Å². The Labute approximate surface area is 125 Å². The van der Waals surface area contributed by atoms with Crippen molar-refractivity contribution in [3.63, 3.8) is 0 Å². The van der Waals surface area contributed by atoms with E-state index in [1.54, 1.807) is 17.5 Å². The van der Waals surface area contributed by atoms with Crippen LogP contribution in [0.4, 0.5) is 0 Å². The van der Waals surface area contributed by atoms with Crippen LogP contribution in [0.2, 0.25) is 0 Å². The van der Waals surface area contributed by atoms with Crippen LogP contribution in [0.5, 0.6) is 0 Å². The Morgan fingerprint density at radius 1 is 1.33 bits per heavy atom. The second-order valence-corrected chi connectivity index (χ2v) is 6.31. The molecule has 1 aliphatic rings. The fourth-order valence-corrected chi connectivity index (χ4v) is 3.83. The van der Waals surface area contributed by atoms with E-state index >= 15 is 0 Å². The third-order valence-electron chi connectivity index (χ3n) is 3.90. The van der Waals surface area contributed by atoms with Gasteiger partial charge >= 0.3 is 0 Å². The topological polar surface area (TPSA) is 51.0 Å². The van der Waals surface area contributed by atoms with E-state index < -0.39 is 0 Å². The summed E-state index contributed by atoms with van der Waals surface area (Å²) in [5.74, 6) is 0.124. The Balaban J connectivity index is 1.55. The van der Waals surface area contributed by atoms with Crippen LogP contribution in [0.3, 0.4) is 0 Å². The molecule has 1 aromatic carbocycles. The number of benzene rings is 1.